The lowest BCUT2D eigenvalue weighted by molar-refractivity contribution is 0.420. The fourth-order valence-electron chi connectivity index (χ4n) is 2.27. The number of hydrogen-bond donors (Lipinski definition) is 2. The SMILES string of the molecule is NNC(CC1CCS(=O)(=O)C1)c1cccnc1. The Kier molecular flexibility index (Phi) is 3.76. The number of nitrogens with zero attached hydrogens (tertiary/aromatic N) is 1. The van der Waals surface area contributed by atoms with E-state index in [-0.39, 0.29) is 17.7 Å². The average Bonchev–Trinajstić information content (AvgIpc) is 2.67. The maximum atomic E-state index is 11.4. The van der Waals surface area contributed by atoms with E-state index < -0.39 is 9.84 Å². The first-order chi connectivity index (χ1) is 8.11. The Morgan fingerprint density at radius 1 is 1.59 bits per heavy atom. The summed E-state index contributed by atoms with van der Waals surface area (Å²) < 4.78 is 22.8. The number of pyridine rings is 1. The molecule has 1 aromatic rings. The highest BCUT2D eigenvalue weighted by atomic mass is 32.2. The van der Waals surface area contributed by atoms with E-state index in [9.17, 15) is 8.42 Å². The first-order valence-electron chi connectivity index (χ1n) is 5.67. The van der Waals surface area contributed by atoms with Crippen LogP contribution in [-0.4, -0.2) is 24.9 Å². The van der Waals surface area contributed by atoms with Gasteiger partial charge in [0.25, 0.3) is 0 Å². The predicted molar refractivity (Wildman–Crippen MR) is 65.7 cm³/mol. The van der Waals surface area contributed by atoms with Gasteiger partial charge in [0.05, 0.1) is 11.5 Å². The normalized spacial score (nSPS) is 24.6. The van der Waals surface area contributed by atoms with Crippen molar-refractivity contribution in [2.75, 3.05) is 11.5 Å². The third kappa shape index (κ3) is 3.24. The minimum absolute atomic E-state index is 0.0259. The van der Waals surface area contributed by atoms with Crippen molar-refractivity contribution >= 4 is 9.84 Å². The number of nitrogens with one attached hydrogen (secondary N) is 1. The molecule has 2 heterocycles. The maximum Gasteiger partial charge on any atom is 0.150 e. The van der Waals surface area contributed by atoms with Crippen molar-refractivity contribution in [2.24, 2.45) is 11.8 Å². The van der Waals surface area contributed by atoms with E-state index in [1.54, 1.807) is 12.4 Å². The van der Waals surface area contributed by atoms with Crippen molar-refractivity contribution in [2.45, 2.75) is 18.9 Å². The highest BCUT2D eigenvalue weighted by molar-refractivity contribution is 7.91. The molecule has 0 bridgehead atoms. The largest absolute Gasteiger partial charge is 0.271 e. The Morgan fingerprint density at radius 2 is 2.41 bits per heavy atom. The molecule has 2 rings (SSSR count). The molecule has 0 spiro atoms. The van der Waals surface area contributed by atoms with E-state index in [0.717, 1.165) is 18.4 Å². The number of hydrogen-bond acceptors (Lipinski definition) is 5. The molecule has 0 amide bonds. The van der Waals surface area contributed by atoms with Crippen LogP contribution in [0.3, 0.4) is 0 Å². The van der Waals surface area contributed by atoms with E-state index in [4.69, 9.17) is 5.84 Å². The van der Waals surface area contributed by atoms with E-state index in [0.29, 0.717) is 5.75 Å². The Bertz CT molecular complexity index is 461. The van der Waals surface area contributed by atoms with Crippen LogP contribution in [0.15, 0.2) is 24.5 Å². The summed E-state index contributed by atoms with van der Waals surface area (Å²) in [6.07, 6.45) is 4.94. The van der Waals surface area contributed by atoms with Gasteiger partial charge in [0.1, 0.15) is 0 Å². The molecule has 1 aromatic heterocycles. The number of rotatable bonds is 4. The fourth-order valence-corrected chi connectivity index (χ4v) is 4.15. The predicted octanol–water partition coefficient (Wildman–Crippen LogP) is 0.411. The zero-order chi connectivity index (χ0) is 12.3. The Labute approximate surface area is 101 Å². The zero-order valence-corrected chi connectivity index (χ0v) is 10.4. The van der Waals surface area contributed by atoms with Gasteiger partial charge in [0.15, 0.2) is 9.84 Å². The minimum Gasteiger partial charge on any atom is -0.271 e. The summed E-state index contributed by atoms with van der Waals surface area (Å²) >= 11 is 0. The topological polar surface area (TPSA) is 85.1 Å². The van der Waals surface area contributed by atoms with E-state index in [2.05, 4.69) is 10.4 Å². The summed E-state index contributed by atoms with van der Waals surface area (Å²) in [5, 5.41) is 0. The van der Waals surface area contributed by atoms with Crippen molar-refractivity contribution < 1.29 is 8.42 Å². The molecule has 0 saturated carbocycles. The van der Waals surface area contributed by atoms with Crippen LogP contribution in [0, 0.1) is 5.92 Å². The molecule has 1 fully saturated rings. The summed E-state index contributed by atoms with van der Waals surface area (Å²) in [5.74, 6) is 6.31. The number of nitrogens with two attached hydrogens (primary N) is 1. The van der Waals surface area contributed by atoms with Crippen LogP contribution < -0.4 is 11.3 Å². The van der Waals surface area contributed by atoms with Gasteiger partial charge in [0, 0.05) is 18.4 Å². The summed E-state index contributed by atoms with van der Waals surface area (Å²) in [7, 11) is -2.82. The van der Waals surface area contributed by atoms with Crippen LogP contribution in [0.5, 0.6) is 0 Å². The third-order valence-electron chi connectivity index (χ3n) is 3.18. The zero-order valence-electron chi connectivity index (χ0n) is 9.54. The van der Waals surface area contributed by atoms with Gasteiger partial charge >= 0.3 is 0 Å². The van der Waals surface area contributed by atoms with Crippen LogP contribution in [0.25, 0.3) is 0 Å². The van der Waals surface area contributed by atoms with Gasteiger partial charge in [-0.2, -0.15) is 0 Å². The lowest BCUT2D eigenvalue weighted by Crippen LogP contribution is -2.30. The van der Waals surface area contributed by atoms with Gasteiger partial charge in [0.2, 0.25) is 0 Å². The molecule has 2 atom stereocenters. The number of aromatic nitrogens is 1. The second-order valence-corrected chi connectivity index (χ2v) is 6.74. The third-order valence-corrected chi connectivity index (χ3v) is 5.02. The summed E-state index contributed by atoms with van der Waals surface area (Å²) in [4.78, 5) is 4.04. The molecule has 2 unspecified atom stereocenters. The summed E-state index contributed by atoms with van der Waals surface area (Å²) in [6, 6.07) is 3.77. The highest BCUT2D eigenvalue weighted by Crippen LogP contribution is 2.28. The minimum atomic E-state index is -2.82. The van der Waals surface area contributed by atoms with Crippen molar-refractivity contribution in [1.82, 2.24) is 10.4 Å². The van der Waals surface area contributed by atoms with Gasteiger partial charge < -0.3 is 0 Å². The molecule has 1 aliphatic rings. The average molecular weight is 255 g/mol. The first-order valence-corrected chi connectivity index (χ1v) is 7.49. The molecule has 1 aliphatic heterocycles. The standard InChI is InChI=1S/C11H17N3O2S/c12-14-11(10-2-1-4-13-7-10)6-9-3-5-17(15,16)8-9/h1-2,4,7,9,11,14H,3,5-6,8,12H2. The fraction of sp³-hybridized carbons (Fsp3) is 0.545. The molecule has 0 aromatic carbocycles. The van der Waals surface area contributed by atoms with Crippen LogP contribution in [-0.2, 0) is 9.84 Å². The monoisotopic (exact) mass is 255 g/mol. The van der Waals surface area contributed by atoms with Gasteiger partial charge in [-0.25, -0.2) is 8.42 Å². The second kappa shape index (κ2) is 5.12. The first kappa shape index (κ1) is 12.5. The molecular weight excluding hydrogens is 238 g/mol. The Hall–Kier alpha value is -0.980. The van der Waals surface area contributed by atoms with Crippen molar-refractivity contribution in [3.05, 3.63) is 30.1 Å². The van der Waals surface area contributed by atoms with Crippen molar-refractivity contribution in [3.8, 4) is 0 Å². The molecule has 1 saturated heterocycles. The quantitative estimate of drug-likeness (QED) is 0.601. The molecule has 3 N–H and O–H groups in total. The van der Waals surface area contributed by atoms with E-state index in [1.165, 1.54) is 0 Å². The Balaban J connectivity index is 2.02. The van der Waals surface area contributed by atoms with Crippen LogP contribution >= 0.6 is 0 Å². The molecule has 5 nitrogen and oxygen atoms in total. The van der Waals surface area contributed by atoms with E-state index in [1.807, 2.05) is 12.1 Å². The van der Waals surface area contributed by atoms with Crippen LogP contribution in [0.1, 0.15) is 24.4 Å². The molecule has 6 heteroatoms. The van der Waals surface area contributed by atoms with Gasteiger partial charge in [-0.05, 0) is 30.4 Å². The highest BCUT2D eigenvalue weighted by Gasteiger charge is 2.29. The number of hydrazine groups is 1. The number of sulfone groups is 1. The smallest absolute Gasteiger partial charge is 0.150 e. The molecule has 94 valence electrons. The molecule has 17 heavy (non-hydrogen) atoms. The lowest BCUT2D eigenvalue weighted by atomic mass is 9.96. The summed E-state index contributed by atoms with van der Waals surface area (Å²) in [6.45, 7) is 0. The van der Waals surface area contributed by atoms with Gasteiger partial charge in [-0.1, -0.05) is 6.07 Å². The van der Waals surface area contributed by atoms with Crippen molar-refractivity contribution in [1.29, 1.82) is 0 Å². The molecular formula is C11H17N3O2S. The second-order valence-electron chi connectivity index (χ2n) is 4.51. The van der Waals surface area contributed by atoms with E-state index >= 15 is 0 Å². The molecule has 0 radical (unpaired) electrons. The summed E-state index contributed by atoms with van der Waals surface area (Å²) in [5.41, 5.74) is 3.74. The Morgan fingerprint density at radius 3 is 2.94 bits per heavy atom. The molecule has 0 aliphatic carbocycles. The maximum absolute atomic E-state index is 11.4. The van der Waals surface area contributed by atoms with Gasteiger partial charge in [-0.3, -0.25) is 16.3 Å². The van der Waals surface area contributed by atoms with Crippen LogP contribution in [0.2, 0.25) is 0 Å². The van der Waals surface area contributed by atoms with Crippen molar-refractivity contribution in [3.63, 3.8) is 0 Å². The van der Waals surface area contributed by atoms with Gasteiger partial charge in [-0.15, -0.1) is 0 Å². The van der Waals surface area contributed by atoms with Crippen LogP contribution in [0.4, 0.5) is 0 Å². The lowest BCUT2D eigenvalue weighted by Gasteiger charge is -2.19.